The Morgan fingerprint density at radius 1 is 0.946 bits per heavy atom. The first-order valence-corrected chi connectivity index (χ1v) is 14.3. The van der Waals surface area contributed by atoms with E-state index in [2.05, 4.69) is 5.32 Å². The van der Waals surface area contributed by atoms with Crippen molar-refractivity contribution >= 4 is 61.5 Å². The molecule has 3 aromatic rings. The number of nitrogens with zero attached hydrogens (tertiary/aromatic N) is 2. The van der Waals surface area contributed by atoms with E-state index in [1.54, 1.807) is 49.4 Å². The van der Waals surface area contributed by atoms with Crippen LogP contribution in [0.15, 0.2) is 60.7 Å². The van der Waals surface area contributed by atoms with E-state index in [1.807, 2.05) is 39.0 Å². The number of rotatable bonds is 8. The molecule has 0 unspecified atom stereocenters. The monoisotopic (exact) mass is 563 g/mol. The van der Waals surface area contributed by atoms with Crippen LogP contribution in [-0.4, -0.2) is 49.5 Å². The maximum Gasteiger partial charge on any atom is 0.244 e. The van der Waals surface area contributed by atoms with Gasteiger partial charge in [0, 0.05) is 33.1 Å². The molecule has 0 aliphatic carbocycles. The summed E-state index contributed by atoms with van der Waals surface area (Å²) in [6.07, 6.45) is 1.05. The van der Waals surface area contributed by atoms with Gasteiger partial charge in [-0.1, -0.05) is 65.7 Å². The number of anilines is 1. The van der Waals surface area contributed by atoms with Gasteiger partial charge in [0.05, 0.1) is 11.9 Å². The number of halogens is 2. The average Bonchev–Trinajstić information content (AvgIpc) is 2.80. The Bertz CT molecular complexity index is 1400. The largest absolute Gasteiger partial charge is 0.350 e. The minimum Gasteiger partial charge on any atom is -0.350 e. The van der Waals surface area contributed by atoms with Gasteiger partial charge >= 0.3 is 0 Å². The van der Waals surface area contributed by atoms with Gasteiger partial charge in [-0.2, -0.15) is 0 Å². The van der Waals surface area contributed by atoms with Crippen LogP contribution in [0.3, 0.4) is 0 Å². The first kappa shape index (κ1) is 28.8. The fourth-order valence-corrected chi connectivity index (χ4v) is 5.31. The van der Waals surface area contributed by atoms with Crippen molar-refractivity contribution in [1.82, 2.24) is 10.2 Å². The van der Waals surface area contributed by atoms with Crippen molar-refractivity contribution in [2.75, 3.05) is 17.1 Å². The Morgan fingerprint density at radius 3 is 2.11 bits per heavy atom. The highest BCUT2D eigenvalue weighted by molar-refractivity contribution is 7.92. The molecule has 37 heavy (non-hydrogen) atoms. The summed E-state index contributed by atoms with van der Waals surface area (Å²) in [6, 6.07) is 16.6. The van der Waals surface area contributed by atoms with Gasteiger partial charge in [-0.05, 0) is 51.3 Å². The third-order valence-electron chi connectivity index (χ3n) is 5.77. The minimum absolute atomic E-state index is 0.0801. The summed E-state index contributed by atoms with van der Waals surface area (Å²) >= 11 is 12.8. The number of fused-ring (bicyclic) bond motifs is 1. The predicted octanol–water partition coefficient (Wildman–Crippen LogP) is 5.24. The van der Waals surface area contributed by atoms with E-state index in [4.69, 9.17) is 23.2 Å². The predicted molar refractivity (Wildman–Crippen MR) is 151 cm³/mol. The van der Waals surface area contributed by atoms with Crippen LogP contribution in [0.4, 0.5) is 5.69 Å². The van der Waals surface area contributed by atoms with Crippen molar-refractivity contribution in [2.45, 2.75) is 45.8 Å². The number of carbonyl (C=O) groups excluding carboxylic acids is 2. The van der Waals surface area contributed by atoms with Crippen LogP contribution in [-0.2, 0) is 26.2 Å². The molecule has 0 spiro atoms. The number of nitrogens with one attached hydrogen (secondary N) is 1. The van der Waals surface area contributed by atoms with Gasteiger partial charge < -0.3 is 10.2 Å². The molecule has 0 heterocycles. The highest BCUT2D eigenvalue weighted by atomic mass is 35.5. The van der Waals surface area contributed by atoms with Crippen LogP contribution in [0, 0.1) is 0 Å². The summed E-state index contributed by atoms with van der Waals surface area (Å²) in [5.41, 5.74) is 0.297. The quantitative estimate of drug-likeness (QED) is 0.405. The lowest BCUT2D eigenvalue weighted by atomic mass is 10.1. The fraction of sp³-hybridized carbons (Fsp3) is 0.333. The highest BCUT2D eigenvalue weighted by Crippen LogP contribution is 2.30. The first-order chi connectivity index (χ1) is 17.2. The lowest BCUT2D eigenvalue weighted by Crippen LogP contribution is -2.54. The van der Waals surface area contributed by atoms with E-state index in [9.17, 15) is 18.0 Å². The van der Waals surface area contributed by atoms with E-state index < -0.39 is 34.1 Å². The van der Waals surface area contributed by atoms with E-state index in [0.717, 1.165) is 15.9 Å². The van der Waals surface area contributed by atoms with Crippen LogP contribution in [0.2, 0.25) is 10.0 Å². The summed E-state index contributed by atoms with van der Waals surface area (Å²) in [7, 11) is -3.87. The zero-order chi connectivity index (χ0) is 27.5. The van der Waals surface area contributed by atoms with Gasteiger partial charge in [0.2, 0.25) is 21.8 Å². The number of hydrogen-bond donors (Lipinski definition) is 1. The molecule has 3 rings (SSSR count). The molecule has 198 valence electrons. The number of amides is 2. The maximum atomic E-state index is 13.8. The first-order valence-electron chi connectivity index (χ1n) is 11.7. The molecule has 3 aromatic carbocycles. The molecule has 0 aromatic heterocycles. The Labute approximate surface area is 228 Å². The Morgan fingerprint density at radius 2 is 1.51 bits per heavy atom. The van der Waals surface area contributed by atoms with Crippen molar-refractivity contribution in [3.8, 4) is 0 Å². The number of sulfonamides is 1. The van der Waals surface area contributed by atoms with Crippen molar-refractivity contribution in [3.05, 3.63) is 76.3 Å². The van der Waals surface area contributed by atoms with Gasteiger partial charge in [-0.15, -0.1) is 0 Å². The molecular weight excluding hydrogens is 533 g/mol. The van der Waals surface area contributed by atoms with Crippen LogP contribution < -0.4 is 9.62 Å². The van der Waals surface area contributed by atoms with Gasteiger partial charge in [0.25, 0.3) is 0 Å². The molecule has 0 aliphatic rings. The SMILES string of the molecule is C[C@H](C(=O)NC(C)(C)C)N(Cc1c(Cl)cccc1Cl)C(=O)CN(c1cccc2ccccc12)S(C)(=O)=O. The van der Waals surface area contributed by atoms with Gasteiger partial charge in [0.15, 0.2) is 0 Å². The third-order valence-corrected chi connectivity index (χ3v) is 7.60. The van der Waals surface area contributed by atoms with Crippen LogP contribution in [0.1, 0.15) is 33.3 Å². The third kappa shape index (κ3) is 7.15. The Balaban J connectivity index is 2.04. The molecular formula is C27H31Cl2N3O4S. The number of carbonyl (C=O) groups is 2. The standard InChI is InChI=1S/C27H31Cl2N3O4S/c1-18(26(34)30-27(2,3)4)31(16-21-22(28)13-9-14-23(21)29)25(33)17-32(37(5,35)36)24-15-8-11-19-10-6-7-12-20(19)24/h6-15,18H,16-17H2,1-5H3,(H,30,34)/t18-/m1/s1. The Hall–Kier alpha value is -2.81. The smallest absolute Gasteiger partial charge is 0.244 e. The van der Waals surface area contributed by atoms with Gasteiger partial charge in [-0.3, -0.25) is 13.9 Å². The van der Waals surface area contributed by atoms with E-state index in [0.29, 0.717) is 26.7 Å². The summed E-state index contributed by atoms with van der Waals surface area (Å²) in [5, 5.41) is 5.06. The van der Waals surface area contributed by atoms with Crippen LogP contribution in [0.25, 0.3) is 10.8 Å². The summed E-state index contributed by atoms with van der Waals surface area (Å²) in [4.78, 5) is 28.2. The van der Waals surface area contributed by atoms with Crippen molar-refractivity contribution in [1.29, 1.82) is 0 Å². The zero-order valence-corrected chi connectivity index (χ0v) is 23.8. The molecule has 0 aliphatic heterocycles. The summed E-state index contributed by atoms with van der Waals surface area (Å²) in [5.74, 6) is -0.967. The molecule has 0 saturated carbocycles. The highest BCUT2D eigenvalue weighted by Gasteiger charge is 2.32. The van der Waals surface area contributed by atoms with E-state index in [1.165, 1.54) is 4.90 Å². The van der Waals surface area contributed by atoms with E-state index in [-0.39, 0.29) is 12.5 Å². The molecule has 0 radical (unpaired) electrons. The molecule has 1 atom stereocenters. The number of hydrogen-bond acceptors (Lipinski definition) is 4. The molecule has 10 heteroatoms. The maximum absolute atomic E-state index is 13.8. The van der Waals surface area contributed by atoms with Crippen molar-refractivity contribution in [3.63, 3.8) is 0 Å². The molecule has 7 nitrogen and oxygen atoms in total. The minimum atomic E-state index is -3.87. The fourth-order valence-electron chi connectivity index (χ4n) is 3.93. The lowest BCUT2D eigenvalue weighted by molar-refractivity contribution is -0.140. The second kappa shape index (κ2) is 11.3. The van der Waals surface area contributed by atoms with Crippen LogP contribution >= 0.6 is 23.2 Å². The van der Waals surface area contributed by atoms with Gasteiger partial charge in [0.1, 0.15) is 12.6 Å². The van der Waals surface area contributed by atoms with Gasteiger partial charge in [-0.25, -0.2) is 8.42 Å². The average molecular weight is 565 g/mol. The molecule has 0 fully saturated rings. The lowest BCUT2D eigenvalue weighted by Gasteiger charge is -2.33. The summed E-state index contributed by atoms with van der Waals surface area (Å²) < 4.78 is 26.9. The summed E-state index contributed by atoms with van der Waals surface area (Å²) in [6.45, 7) is 6.50. The topological polar surface area (TPSA) is 86.8 Å². The van der Waals surface area contributed by atoms with E-state index >= 15 is 0 Å². The Kier molecular flexibility index (Phi) is 8.78. The number of benzene rings is 3. The molecule has 1 N–H and O–H groups in total. The van der Waals surface area contributed by atoms with Crippen molar-refractivity contribution < 1.29 is 18.0 Å². The molecule has 0 bridgehead atoms. The zero-order valence-electron chi connectivity index (χ0n) is 21.5. The molecule has 2 amide bonds. The normalized spacial score (nSPS) is 12.7. The second-order valence-electron chi connectivity index (χ2n) is 9.90. The van der Waals surface area contributed by atoms with Crippen LogP contribution in [0.5, 0.6) is 0 Å². The second-order valence-corrected chi connectivity index (χ2v) is 12.6. The molecule has 0 saturated heterocycles. The van der Waals surface area contributed by atoms with Crippen molar-refractivity contribution in [2.24, 2.45) is 0 Å².